The maximum Gasteiger partial charge on any atom is 0.245 e. The Labute approximate surface area is 272 Å². The predicted molar refractivity (Wildman–Crippen MR) is 181 cm³/mol. The Morgan fingerprint density at radius 3 is 1.74 bits per heavy atom. The molecular formula is C34H52N8O4. The van der Waals surface area contributed by atoms with Gasteiger partial charge in [0, 0.05) is 26.1 Å². The molecule has 0 aliphatic rings. The number of nitrogens with one attached hydrogen (secondary N) is 3. The number of carbonyl (C=O) groups is 4. The molecule has 4 amide bonds. The molecule has 2 aromatic rings. The van der Waals surface area contributed by atoms with Crippen molar-refractivity contribution in [3.05, 3.63) is 71.8 Å². The van der Waals surface area contributed by atoms with Gasteiger partial charge in [0.2, 0.25) is 23.6 Å². The van der Waals surface area contributed by atoms with E-state index in [9.17, 15) is 19.2 Å². The lowest BCUT2D eigenvalue weighted by Gasteiger charge is -2.28. The van der Waals surface area contributed by atoms with E-state index in [0.29, 0.717) is 51.7 Å². The second-order valence-electron chi connectivity index (χ2n) is 11.3. The Bertz CT molecular complexity index is 1250. The molecule has 9 N–H and O–H groups in total. The number of nitrogens with zero attached hydrogens (tertiary/aromatic N) is 2. The van der Waals surface area contributed by atoms with Crippen molar-refractivity contribution in [3.63, 3.8) is 0 Å². The fraction of sp³-hybridized carbons (Fsp3) is 0.500. The van der Waals surface area contributed by atoms with Crippen LogP contribution < -0.4 is 33.2 Å². The highest BCUT2D eigenvalue weighted by atomic mass is 16.2. The Morgan fingerprint density at radius 2 is 1.20 bits per heavy atom. The fourth-order valence-corrected chi connectivity index (χ4v) is 5.04. The Morgan fingerprint density at radius 1 is 0.696 bits per heavy atom. The maximum absolute atomic E-state index is 13.8. The molecular weight excluding hydrogens is 584 g/mol. The topological polar surface area (TPSA) is 198 Å². The molecule has 252 valence electrons. The average Bonchev–Trinajstić information content (AvgIpc) is 3.05. The van der Waals surface area contributed by atoms with Crippen LogP contribution >= 0.6 is 0 Å². The van der Waals surface area contributed by atoms with E-state index in [-0.39, 0.29) is 18.3 Å². The monoisotopic (exact) mass is 636 g/mol. The highest BCUT2D eigenvalue weighted by molar-refractivity contribution is 5.95. The standard InChI is InChI=1S/C34H52N8O4/c1-4-7-19-27(31(44)40-28(20-14-21-38-34(36)37)33(46)42(5-2)6-3)39-32(45)29(23-25-17-12-9-13-18-25)41-30(43)26(35)22-24-15-10-8-11-16-24/h8-13,15-18,26-29H,4-7,14,19-23,35H2,1-3H3,(H,39,45)(H,40,44)(H,41,43)(H4,36,37,38)/t26-,27-,28-,29-/m1/s1. The van der Waals surface area contributed by atoms with Crippen LogP contribution in [0.25, 0.3) is 0 Å². The quantitative estimate of drug-likeness (QED) is 0.0716. The van der Waals surface area contributed by atoms with Gasteiger partial charge in [-0.3, -0.25) is 24.2 Å². The van der Waals surface area contributed by atoms with Crippen LogP contribution in [0.3, 0.4) is 0 Å². The number of unbranched alkanes of at least 4 members (excludes halogenated alkanes) is 1. The van der Waals surface area contributed by atoms with Gasteiger partial charge >= 0.3 is 0 Å². The smallest absolute Gasteiger partial charge is 0.245 e. The molecule has 0 saturated carbocycles. The molecule has 0 heterocycles. The van der Waals surface area contributed by atoms with Gasteiger partial charge in [-0.1, -0.05) is 80.4 Å². The second kappa shape index (κ2) is 20.6. The first-order valence-electron chi connectivity index (χ1n) is 16.2. The number of rotatable bonds is 20. The zero-order chi connectivity index (χ0) is 33.9. The van der Waals surface area contributed by atoms with Crippen molar-refractivity contribution >= 4 is 29.6 Å². The van der Waals surface area contributed by atoms with Gasteiger partial charge in [0.05, 0.1) is 6.04 Å². The molecule has 2 rings (SSSR count). The molecule has 0 fully saturated rings. The van der Waals surface area contributed by atoms with Gasteiger partial charge in [-0.15, -0.1) is 0 Å². The van der Waals surface area contributed by atoms with Gasteiger partial charge in [-0.25, -0.2) is 0 Å². The molecule has 4 atom stereocenters. The number of hydrogen-bond acceptors (Lipinski definition) is 6. The normalized spacial score (nSPS) is 13.4. The van der Waals surface area contributed by atoms with Gasteiger partial charge in [-0.2, -0.15) is 0 Å². The molecule has 0 bridgehead atoms. The Balaban J connectivity index is 2.25. The van der Waals surface area contributed by atoms with Crippen LogP contribution in [-0.4, -0.2) is 78.3 Å². The third-order valence-electron chi connectivity index (χ3n) is 7.67. The number of likely N-dealkylation sites (N-methyl/N-ethyl adjacent to an activating group) is 1. The first kappa shape index (κ1) is 37.7. The number of aliphatic imine (C=N–C) groups is 1. The lowest BCUT2D eigenvalue weighted by Crippen LogP contribution is -2.58. The van der Waals surface area contributed by atoms with Crippen LogP contribution in [0.2, 0.25) is 0 Å². The summed E-state index contributed by atoms with van der Waals surface area (Å²) in [6.07, 6.45) is 3.10. The summed E-state index contributed by atoms with van der Waals surface area (Å²) in [7, 11) is 0. The van der Waals surface area contributed by atoms with E-state index < -0.39 is 41.9 Å². The van der Waals surface area contributed by atoms with E-state index in [1.54, 1.807) is 4.90 Å². The van der Waals surface area contributed by atoms with E-state index >= 15 is 0 Å². The Hall–Kier alpha value is -4.45. The molecule has 12 nitrogen and oxygen atoms in total. The lowest BCUT2D eigenvalue weighted by atomic mass is 10.0. The number of benzene rings is 2. The lowest BCUT2D eigenvalue weighted by molar-refractivity contribution is -0.137. The summed E-state index contributed by atoms with van der Waals surface area (Å²) < 4.78 is 0. The first-order valence-corrected chi connectivity index (χ1v) is 16.2. The SMILES string of the molecule is CCCC[C@@H](NC(=O)[C@@H](Cc1ccccc1)NC(=O)[C@H](N)Cc1ccccc1)C(=O)N[C@H](CCCN=C(N)N)C(=O)N(CC)CC. The molecule has 0 aromatic heterocycles. The molecule has 46 heavy (non-hydrogen) atoms. The van der Waals surface area contributed by atoms with Crippen molar-refractivity contribution in [2.24, 2.45) is 22.2 Å². The predicted octanol–water partition coefficient (Wildman–Crippen LogP) is 1.37. The van der Waals surface area contributed by atoms with E-state index in [2.05, 4.69) is 20.9 Å². The van der Waals surface area contributed by atoms with E-state index in [1.165, 1.54) is 0 Å². The zero-order valence-corrected chi connectivity index (χ0v) is 27.4. The van der Waals surface area contributed by atoms with Crippen molar-refractivity contribution in [3.8, 4) is 0 Å². The van der Waals surface area contributed by atoms with Crippen LogP contribution in [0.4, 0.5) is 0 Å². The largest absolute Gasteiger partial charge is 0.370 e. The summed E-state index contributed by atoms with van der Waals surface area (Å²) in [6.45, 7) is 7.01. The van der Waals surface area contributed by atoms with Crippen molar-refractivity contribution < 1.29 is 19.2 Å². The number of carbonyl (C=O) groups excluding carboxylic acids is 4. The summed E-state index contributed by atoms with van der Waals surface area (Å²) in [5.74, 6) is -1.72. The summed E-state index contributed by atoms with van der Waals surface area (Å²) >= 11 is 0. The second-order valence-corrected chi connectivity index (χ2v) is 11.3. The minimum atomic E-state index is -0.985. The summed E-state index contributed by atoms with van der Waals surface area (Å²) in [5.41, 5.74) is 18.8. The molecule has 0 spiro atoms. The zero-order valence-electron chi connectivity index (χ0n) is 27.4. The third kappa shape index (κ3) is 13.3. The third-order valence-corrected chi connectivity index (χ3v) is 7.67. The van der Waals surface area contributed by atoms with Crippen LogP contribution in [-0.2, 0) is 32.0 Å². The highest BCUT2D eigenvalue weighted by Gasteiger charge is 2.31. The number of amides is 4. The van der Waals surface area contributed by atoms with E-state index in [0.717, 1.165) is 17.5 Å². The van der Waals surface area contributed by atoms with Crippen molar-refractivity contribution in [2.45, 2.75) is 89.9 Å². The van der Waals surface area contributed by atoms with Gasteiger partial charge < -0.3 is 38.1 Å². The van der Waals surface area contributed by atoms with Gasteiger partial charge in [-0.05, 0) is 50.7 Å². The van der Waals surface area contributed by atoms with Crippen LogP contribution in [0.5, 0.6) is 0 Å². The van der Waals surface area contributed by atoms with Gasteiger partial charge in [0.1, 0.15) is 18.1 Å². The molecule has 0 radical (unpaired) electrons. The molecule has 2 aromatic carbocycles. The molecule has 0 aliphatic heterocycles. The average molecular weight is 637 g/mol. The number of nitrogens with two attached hydrogens (primary N) is 3. The van der Waals surface area contributed by atoms with Gasteiger partial charge in [0.25, 0.3) is 0 Å². The molecule has 12 heteroatoms. The minimum Gasteiger partial charge on any atom is -0.370 e. The fourth-order valence-electron chi connectivity index (χ4n) is 5.04. The highest BCUT2D eigenvalue weighted by Crippen LogP contribution is 2.10. The van der Waals surface area contributed by atoms with Crippen LogP contribution in [0.1, 0.15) is 64.0 Å². The van der Waals surface area contributed by atoms with E-state index in [4.69, 9.17) is 17.2 Å². The minimum absolute atomic E-state index is 0.0452. The number of hydrogen-bond donors (Lipinski definition) is 6. The molecule has 0 saturated heterocycles. The summed E-state index contributed by atoms with van der Waals surface area (Å²) in [6, 6.07) is 15.1. The molecule has 0 unspecified atom stereocenters. The van der Waals surface area contributed by atoms with Crippen molar-refractivity contribution in [1.29, 1.82) is 0 Å². The van der Waals surface area contributed by atoms with Crippen molar-refractivity contribution in [2.75, 3.05) is 19.6 Å². The van der Waals surface area contributed by atoms with Crippen molar-refractivity contribution in [1.82, 2.24) is 20.9 Å². The Kier molecular flexibility index (Phi) is 16.9. The number of guanidine groups is 1. The summed E-state index contributed by atoms with van der Waals surface area (Å²) in [4.78, 5) is 59.6. The summed E-state index contributed by atoms with van der Waals surface area (Å²) in [5, 5.41) is 8.56. The molecule has 0 aliphatic carbocycles. The maximum atomic E-state index is 13.8. The van der Waals surface area contributed by atoms with E-state index in [1.807, 2.05) is 81.4 Å². The first-order chi connectivity index (χ1) is 22.1. The van der Waals surface area contributed by atoms with Crippen LogP contribution in [0, 0.1) is 0 Å². The van der Waals surface area contributed by atoms with Gasteiger partial charge in [0.15, 0.2) is 5.96 Å². The van der Waals surface area contributed by atoms with Crippen LogP contribution in [0.15, 0.2) is 65.7 Å².